The molecule has 2 aromatic carbocycles. The number of carbonyl (C=O) groups excluding carboxylic acids is 1. The second-order valence-corrected chi connectivity index (χ2v) is 8.05. The van der Waals surface area contributed by atoms with Gasteiger partial charge in [0.05, 0.1) is 22.0 Å². The Labute approximate surface area is 195 Å². The highest BCUT2D eigenvalue weighted by Gasteiger charge is 2.24. The topological polar surface area (TPSA) is 137 Å². The largest absolute Gasteiger partial charge is 0.378 e. The van der Waals surface area contributed by atoms with Crippen molar-refractivity contribution >= 4 is 52.9 Å². The average Bonchev–Trinajstić information content (AvgIpc) is 3.41. The lowest BCUT2D eigenvalue weighted by atomic mass is 10.2. The van der Waals surface area contributed by atoms with Crippen molar-refractivity contribution in [2.75, 3.05) is 5.73 Å². The minimum absolute atomic E-state index is 0.0152. The molecule has 13 heteroatoms. The molecule has 0 atom stereocenters. The number of nitrogens with two attached hydrogens (primary N) is 1. The molecule has 0 aliphatic heterocycles. The minimum Gasteiger partial charge on any atom is -0.378 e. The molecule has 162 valence electrons. The normalized spacial score (nSPS) is 11.2. The van der Waals surface area contributed by atoms with Crippen LogP contribution >= 0.6 is 35.0 Å². The first-order valence-electron chi connectivity index (χ1n) is 9.03. The van der Waals surface area contributed by atoms with E-state index in [9.17, 15) is 4.79 Å². The summed E-state index contributed by atoms with van der Waals surface area (Å²) in [7, 11) is 0. The molecule has 0 radical (unpaired) electrons. The number of hydrogen-bond acceptors (Lipinski definition) is 9. The van der Waals surface area contributed by atoms with Crippen LogP contribution in [0.3, 0.4) is 0 Å². The van der Waals surface area contributed by atoms with E-state index in [4.69, 9.17) is 28.9 Å². The maximum Gasteiger partial charge on any atom is 0.293 e. The number of hydrogen-bond donors (Lipinski definition) is 2. The first kappa shape index (κ1) is 21.8. The molecule has 0 saturated heterocycles. The van der Waals surface area contributed by atoms with Crippen LogP contribution in [-0.4, -0.2) is 37.4 Å². The Balaban J connectivity index is 1.58. The zero-order valence-electron chi connectivity index (χ0n) is 16.1. The summed E-state index contributed by atoms with van der Waals surface area (Å²) < 4.78 is 5.97. The number of thioether (sulfide) groups is 1. The van der Waals surface area contributed by atoms with E-state index in [0.29, 0.717) is 27.1 Å². The van der Waals surface area contributed by atoms with Crippen molar-refractivity contribution in [1.82, 2.24) is 30.7 Å². The van der Waals surface area contributed by atoms with Crippen LogP contribution in [0.25, 0.3) is 5.82 Å². The van der Waals surface area contributed by atoms with E-state index in [-0.39, 0.29) is 17.3 Å². The number of nitrogens with one attached hydrogen (secondary N) is 1. The molecule has 32 heavy (non-hydrogen) atoms. The molecule has 4 aromatic rings. The summed E-state index contributed by atoms with van der Waals surface area (Å²) >= 11 is 13.6. The quantitative estimate of drug-likeness (QED) is 0.228. The van der Waals surface area contributed by atoms with Crippen LogP contribution < -0.4 is 11.2 Å². The van der Waals surface area contributed by atoms with Crippen molar-refractivity contribution in [3.8, 4) is 5.82 Å². The molecule has 4 rings (SSSR count). The van der Waals surface area contributed by atoms with Gasteiger partial charge in [-0.3, -0.25) is 4.79 Å². The first-order valence-corrected chi connectivity index (χ1v) is 10.8. The predicted octanol–water partition coefficient (Wildman–Crippen LogP) is 3.60. The van der Waals surface area contributed by atoms with Gasteiger partial charge >= 0.3 is 0 Å². The molecule has 0 aliphatic carbocycles. The summed E-state index contributed by atoms with van der Waals surface area (Å²) in [5.41, 5.74) is 9.25. The molecule has 1 amide bonds. The average molecular weight is 489 g/mol. The summed E-state index contributed by atoms with van der Waals surface area (Å²) in [4.78, 5) is 13.8. The highest BCUT2D eigenvalue weighted by atomic mass is 35.5. The number of carbonyl (C=O) groups is 1. The SMILES string of the molecule is Nc1nonc1-n1nnc(C(=O)N/N=C/c2cccc(Cl)c2Cl)c1CSc1ccccc1. The van der Waals surface area contributed by atoms with Crippen molar-refractivity contribution in [1.29, 1.82) is 0 Å². The highest BCUT2D eigenvalue weighted by Crippen LogP contribution is 2.26. The molecule has 0 aliphatic rings. The van der Waals surface area contributed by atoms with Gasteiger partial charge in [-0.15, -0.1) is 16.9 Å². The molecule has 0 fully saturated rings. The van der Waals surface area contributed by atoms with E-state index in [1.54, 1.807) is 18.2 Å². The summed E-state index contributed by atoms with van der Waals surface area (Å²) in [5.74, 6) is -0.0872. The van der Waals surface area contributed by atoms with Crippen LogP contribution in [0.5, 0.6) is 0 Å². The Bertz CT molecular complexity index is 1280. The van der Waals surface area contributed by atoms with Crippen molar-refractivity contribution < 1.29 is 9.42 Å². The first-order chi connectivity index (χ1) is 15.5. The maximum absolute atomic E-state index is 12.8. The highest BCUT2D eigenvalue weighted by molar-refractivity contribution is 7.98. The van der Waals surface area contributed by atoms with Gasteiger partial charge in [0.25, 0.3) is 5.91 Å². The van der Waals surface area contributed by atoms with Gasteiger partial charge < -0.3 is 5.73 Å². The van der Waals surface area contributed by atoms with Crippen LogP contribution in [0.2, 0.25) is 10.0 Å². The predicted molar refractivity (Wildman–Crippen MR) is 121 cm³/mol. The van der Waals surface area contributed by atoms with Crippen LogP contribution in [0.4, 0.5) is 5.82 Å². The summed E-state index contributed by atoms with van der Waals surface area (Å²) in [6.07, 6.45) is 1.38. The fraction of sp³-hybridized carbons (Fsp3) is 0.0526. The summed E-state index contributed by atoms with van der Waals surface area (Å²) in [5, 5.41) is 19.9. The van der Waals surface area contributed by atoms with E-state index in [1.165, 1.54) is 22.7 Å². The van der Waals surface area contributed by atoms with E-state index < -0.39 is 5.91 Å². The van der Waals surface area contributed by atoms with Gasteiger partial charge in [-0.1, -0.05) is 58.7 Å². The van der Waals surface area contributed by atoms with Gasteiger partial charge in [0.15, 0.2) is 5.69 Å². The number of nitrogen functional groups attached to an aromatic ring is 1. The molecule has 0 saturated carbocycles. The summed E-state index contributed by atoms with van der Waals surface area (Å²) in [6.45, 7) is 0. The van der Waals surface area contributed by atoms with Gasteiger partial charge in [0.2, 0.25) is 11.6 Å². The number of hydrazone groups is 1. The summed E-state index contributed by atoms with van der Waals surface area (Å²) in [6, 6.07) is 14.7. The van der Waals surface area contributed by atoms with Gasteiger partial charge in [-0.25, -0.2) is 10.1 Å². The van der Waals surface area contributed by atoms with Crippen LogP contribution in [0.1, 0.15) is 21.7 Å². The van der Waals surface area contributed by atoms with E-state index in [0.717, 1.165) is 4.90 Å². The number of rotatable bonds is 7. The van der Waals surface area contributed by atoms with Gasteiger partial charge in [0, 0.05) is 16.2 Å². The van der Waals surface area contributed by atoms with Crippen molar-refractivity contribution in [3.63, 3.8) is 0 Å². The number of anilines is 1. The van der Waals surface area contributed by atoms with Gasteiger partial charge in [0.1, 0.15) is 0 Å². The van der Waals surface area contributed by atoms with Gasteiger partial charge in [-0.2, -0.15) is 9.78 Å². The number of benzene rings is 2. The lowest BCUT2D eigenvalue weighted by Crippen LogP contribution is -2.20. The fourth-order valence-corrected chi connectivity index (χ4v) is 3.89. The van der Waals surface area contributed by atoms with Crippen molar-refractivity contribution in [3.05, 3.63) is 75.5 Å². The Morgan fingerprint density at radius 1 is 1.19 bits per heavy atom. The van der Waals surface area contributed by atoms with Crippen molar-refractivity contribution in [2.45, 2.75) is 10.6 Å². The second-order valence-electron chi connectivity index (χ2n) is 6.21. The number of aromatic nitrogens is 5. The molecule has 0 bridgehead atoms. The third kappa shape index (κ3) is 4.74. The Morgan fingerprint density at radius 3 is 2.75 bits per heavy atom. The zero-order valence-corrected chi connectivity index (χ0v) is 18.5. The van der Waals surface area contributed by atoms with Crippen molar-refractivity contribution in [2.24, 2.45) is 5.10 Å². The standard InChI is InChI=1S/C19H14Cl2N8O2S/c20-13-8-4-5-11(15(13)21)9-23-25-19(30)16-14(10-32-12-6-2-1-3-7-12)29(28-24-16)18-17(22)26-31-27-18/h1-9H,10H2,(H2,22,26)(H,25,30)/b23-9+. The Morgan fingerprint density at radius 2 is 2.00 bits per heavy atom. The molecular formula is C19H14Cl2N8O2S. The monoisotopic (exact) mass is 488 g/mol. The van der Waals surface area contributed by atoms with E-state index in [1.807, 2.05) is 30.3 Å². The smallest absolute Gasteiger partial charge is 0.293 e. The van der Waals surface area contributed by atoms with Crippen LogP contribution in [0.15, 0.2) is 63.2 Å². The Hall–Kier alpha value is -3.41. The third-order valence-corrected chi connectivity index (χ3v) is 6.00. The zero-order chi connectivity index (χ0) is 22.5. The number of halogens is 2. The third-order valence-electron chi connectivity index (χ3n) is 4.14. The molecule has 3 N–H and O–H groups in total. The Kier molecular flexibility index (Phi) is 6.69. The lowest BCUT2D eigenvalue weighted by Gasteiger charge is -2.06. The molecule has 2 aromatic heterocycles. The minimum atomic E-state index is -0.579. The van der Waals surface area contributed by atoms with Crippen LogP contribution in [-0.2, 0) is 5.75 Å². The molecule has 2 heterocycles. The molecule has 0 unspecified atom stereocenters. The molecular weight excluding hydrogens is 475 g/mol. The lowest BCUT2D eigenvalue weighted by molar-refractivity contribution is 0.0949. The maximum atomic E-state index is 12.8. The van der Waals surface area contributed by atoms with E-state index >= 15 is 0 Å². The van der Waals surface area contributed by atoms with E-state index in [2.05, 4.69) is 35.8 Å². The second kappa shape index (κ2) is 9.81. The number of amides is 1. The fourth-order valence-electron chi connectivity index (χ4n) is 2.62. The number of nitrogens with zero attached hydrogens (tertiary/aromatic N) is 6. The van der Waals surface area contributed by atoms with Gasteiger partial charge in [-0.05, 0) is 28.5 Å². The molecule has 10 nitrogen and oxygen atoms in total. The van der Waals surface area contributed by atoms with Crippen LogP contribution in [0, 0.1) is 0 Å². The molecule has 0 spiro atoms.